The van der Waals surface area contributed by atoms with E-state index in [0.717, 1.165) is 0 Å². The van der Waals surface area contributed by atoms with Crippen LogP contribution in [0.3, 0.4) is 0 Å². The van der Waals surface area contributed by atoms with Gasteiger partial charge in [-0.15, -0.1) is 0 Å². The van der Waals surface area contributed by atoms with Crippen molar-refractivity contribution in [3.05, 3.63) is 40.4 Å². The van der Waals surface area contributed by atoms with E-state index in [4.69, 9.17) is 20.9 Å². The Hall–Kier alpha value is -2.41. The van der Waals surface area contributed by atoms with Crippen molar-refractivity contribution in [2.24, 2.45) is 5.92 Å². The van der Waals surface area contributed by atoms with Crippen LogP contribution in [0.25, 0.3) is 11.3 Å². The van der Waals surface area contributed by atoms with Gasteiger partial charge in [0.1, 0.15) is 22.8 Å². The highest BCUT2D eigenvalue weighted by molar-refractivity contribution is 6.33. The number of halogens is 2. The van der Waals surface area contributed by atoms with Gasteiger partial charge in [0, 0.05) is 6.04 Å². The molecule has 0 saturated heterocycles. The predicted octanol–water partition coefficient (Wildman–Crippen LogP) is 4.29. The first-order chi connectivity index (χ1) is 13.4. The SMILES string of the molecule is CCOC(=O)C1CCC(NC(=O)c2c(-c3c(F)cccc3Cl)noc2C)CC1. The maximum atomic E-state index is 14.3. The fraction of sp³-hybridized carbons (Fsp3) is 0.450. The van der Waals surface area contributed by atoms with Gasteiger partial charge in [0.15, 0.2) is 0 Å². The monoisotopic (exact) mass is 408 g/mol. The minimum atomic E-state index is -0.579. The van der Waals surface area contributed by atoms with Crippen molar-refractivity contribution < 1.29 is 23.2 Å². The quantitative estimate of drug-likeness (QED) is 0.746. The van der Waals surface area contributed by atoms with Gasteiger partial charge < -0.3 is 14.6 Å². The molecule has 1 saturated carbocycles. The molecular formula is C20H22ClFN2O4. The zero-order valence-electron chi connectivity index (χ0n) is 15.8. The first kappa shape index (κ1) is 20.3. The summed E-state index contributed by atoms with van der Waals surface area (Å²) in [5.74, 6) is -0.999. The third-order valence-corrected chi connectivity index (χ3v) is 5.29. The molecule has 6 nitrogen and oxygen atoms in total. The lowest BCUT2D eigenvalue weighted by molar-refractivity contribution is -0.149. The van der Waals surface area contributed by atoms with Crippen LogP contribution in [0.2, 0.25) is 5.02 Å². The molecule has 1 heterocycles. The Morgan fingerprint density at radius 3 is 2.68 bits per heavy atom. The number of amides is 1. The molecule has 2 aromatic rings. The Labute approximate surface area is 167 Å². The van der Waals surface area contributed by atoms with E-state index in [0.29, 0.717) is 32.3 Å². The first-order valence-corrected chi connectivity index (χ1v) is 9.68. The van der Waals surface area contributed by atoms with Crippen LogP contribution in [-0.4, -0.2) is 29.7 Å². The minimum Gasteiger partial charge on any atom is -0.466 e. The summed E-state index contributed by atoms with van der Waals surface area (Å²) in [5.41, 5.74) is 0.287. The molecule has 1 aromatic carbocycles. The van der Waals surface area contributed by atoms with E-state index >= 15 is 0 Å². The number of benzene rings is 1. The molecule has 0 bridgehead atoms. The van der Waals surface area contributed by atoms with E-state index in [1.807, 2.05) is 0 Å². The predicted molar refractivity (Wildman–Crippen MR) is 101 cm³/mol. The number of hydrogen-bond acceptors (Lipinski definition) is 5. The molecule has 0 aliphatic heterocycles. The van der Waals surface area contributed by atoms with Gasteiger partial charge in [-0.2, -0.15) is 0 Å². The van der Waals surface area contributed by atoms with E-state index in [1.54, 1.807) is 13.8 Å². The van der Waals surface area contributed by atoms with Gasteiger partial charge in [-0.1, -0.05) is 22.8 Å². The molecule has 8 heteroatoms. The maximum Gasteiger partial charge on any atom is 0.308 e. The van der Waals surface area contributed by atoms with E-state index < -0.39 is 11.7 Å². The normalized spacial score (nSPS) is 19.3. The van der Waals surface area contributed by atoms with E-state index in [9.17, 15) is 14.0 Å². The highest BCUT2D eigenvalue weighted by Gasteiger charge is 2.30. The molecule has 1 aromatic heterocycles. The average molecular weight is 409 g/mol. The van der Waals surface area contributed by atoms with Crippen molar-refractivity contribution in [1.29, 1.82) is 0 Å². The zero-order valence-corrected chi connectivity index (χ0v) is 16.5. The Balaban J connectivity index is 1.73. The van der Waals surface area contributed by atoms with Crippen LogP contribution < -0.4 is 5.32 Å². The summed E-state index contributed by atoms with van der Waals surface area (Å²) < 4.78 is 24.5. The molecule has 150 valence electrons. The summed E-state index contributed by atoms with van der Waals surface area (Å²) in [6.07, 6.45) is 2.63. The zero-order chi connectivity index (χ0) is 20.3. The molecule has 1 aliphatic rings. The van der Waals surface area contributed by atoms with Crippen LogP contribution in [0.4, 0.5) is 4.39 Å². The Bertz CT molecular complexity index is 855. The standard InChI is InChI=1S/C20H22ClFN2O4/c1-3-27-20(26)12-7-9-13(10-8-12)23-19(25)16-11(2)28-24-18(16)17-14(21)5-4-6-15(17)22/h4-6,12-13H,3,7-10H2,1-2H3,(H,23,25). The van der Waals surface area contributed by atoms with Crippen LogP contribution >= 0.6 is 11.6 Å². The lowest BCUT2D eigenvalue weighted by Crippen LogP contribution is -2.39. The summed E-state index contributed by atoms with van der Waals surface area (Å²) in [7, 11) is 0. The summed E-state index contributed by atoms with van der Waals surface area (Å²) in [6.45, 7) is 3.74. The number of aromatic nitrogens is 1. The van der Waals surface area contributed by atoms with Crippen molar-refractivity contribution in [2.45, 2.75) is 45.6 Å². The number of nitrogens with one attached hydrogen (secondary N) is 1. The molecule has 28 heavy (non-hydrogen) atoms. The van der Waals surface area contributed by atoms with Crippen molar-refractivity contribution in [1.82, 2.24) is 10.5 Å². The molecule has 1 amide bonds. The fourth-order valence-electron chi connectivity index (χ4n) is 3.53. The highest BCUT2D eigenvalue weighted by Crippen LogP contribution is 2.34. The number of hydrogen-bond donors (Lipinski definition) is 1. The number of esters is 1. The molecule has 1 fully saturated rings. The van der Waals surface area contributed by atoms with Gasteiger partial charge in [-0.05, 0) is 51.7 Å². The molecule has 0 unspecified atom stereocenters. The number of rotatable bonds is 5. The second-order valence-corrected chi connectivity index (χ2v) is 7.24. The van der Waals surface area contributed by atoms with Gasteiger partial charge in [-0.3, -0.25) is 9.59 Å². The number of ether oxygens (including phenoxy) is 1. The molecule has 0 atom stereocenters. The smallest absolute Gasteiger partial charge is 0.308 e. The summed E-state index contributed by atoms with van der Waals surface area (Å²) in [4.78, 5) is 24.7. The number of aryl methyl sites for hydroxylation is 1. The van der Waals surface area contributed by atoms with Crippen LogP contribution in [0.5, 0.6) is 0 Å². The Morgan fingerprint density at radius 2 is 2.04 bits per heavy atom. The second-order valence-electron chi connectivity index (χ2n) is 6.83. The van der Waals surface area contributed by atoms with Crippen LogP contribution in [0, 0.1) is 18.7 Å². The van der Waals surface area contributed by atoms with Gasteiger partial charge in [0.05, 0.1) is 23.1 Å². The molecule has 0 spiro atoms. The van der Waals surface area contributed by atoms with Gasteiger partial charge >= 0.3 is 5.97 Å². The summed E-state index contributed by atoms with van der Waals surface area (Å²) in [6, 6.07) is 4.18. The van der Waals surface area contributed by atoms with Crippen LogP contribution in [0.15, 0.2) is 22.7 Å². The molecule has 3 rings (SSSR count). The summed E-state index contributed by atoms with van der Waals surface area (Å²) in [5, 5.41) is 6.95. The van der Waals surface area contributed by atoms with Gasteiger partial charge in [0.25, 0.3) is 5.91 Å². The fourth-order valence-corrected chi connectivity index (χ4v) is 3.78. The first-order valence-electron chi connectivity index (χ1n) is 9.30. The second kappa shape index (κ2) is 8.73. The average Bonchev–Trinajstić information content (AvgIpc) is 3.03. The van der Waals surface area contributed by atoms with Crippen LogP contribution in [0.1, 0.15) is 48.7 Å². The van der Waals surface area contributed by atoms with Crippen molar-refractivity contribution >= 4 is 23.5 Å². The topological polar surface area (TPSA) is 81.4 Å². The number of nitrogens with zero attached hydrogens (tertiary/aromatic N) is 1. The molecule has 1 N–H and O–H groups in total. The van der Waals surface area contributed by atoms with Crippen LogP contribution in [-0.2, 0) is 9.53 Å². The Kier molecular flexibility index (Phi) is 6.34. The molecule has 1 aliphatic carbocycles. The van der Waals surface area contributed by atoms with Crippen molar-refractivity contribution in [2.75, 3.05) is 6.61 Å². The summed E-state index contributed by atoms with van der Waals surface area (Å²) >= 11 is 6.12. The van der Waals surface area contributed by atoms with E-state index in [1.165, 1.54) is 18.2 Å². The van der Waals surface area contributed by atoms with Crippen molar-refractivity contribution in [3.8, 4) is 11.3 Å². The number of carbonyl (C=O) groups excluding carboxylic acids is 2. The lowest BCUT2D eigenvalue weighted by atomic mass is 9.86. The van der Waals surface area contributed by atoms with Gasteiger partial charge in [0.2, 0.25) is 0 Å². The van der Waals surface area contributed by atoms with E-state index in [2.05, 4.69) is 10.5 Å². The molecular weight excluding hydrogens is 387 g/mol. The third-order valence-electron chi connectivity index (χ3n) is 4.97. The number of carbonyl (C=O) groups is 2. The van der Waals surface area contributed by atoms with E-state index in [-0.39, 0.29) is 45.5 Å². The third kappa shape index (κ3) is 4.19. The largest absolute Gasteiger partial charge is 0.466 e. The molecule has 0 radical (unpaired) electrons. The Morgan fingerprint density at radius 1 is 1.32 bits per heavy atom. The highest BCUT2D eigenvalue weighted by atomic mass is 35.5. The maximum absolute atomic E-state index is 14.3. The van der Waals surface area contributed by atoms with Crippen molar-refractivity contribution in [3.63, 3.8) is 0 Å². The van der Waals surface area contributed by atoms with Gasteiger partial charge in [-0.25, -0.2) is 4.39 Å². The minimum absolute atomic E-state index is 0.0391. The lowest BCUT2D eigenvalue weighted by Gasteiger charge is -2.27.